The van der Waals surface area contributed by atoms with Crippen LogP contribution in [0.1, 0.15) is 19.8 Å². The van der Waals surface area contributed by atoms with E-state index in [1.807, 2.05) is 6.92 Å². The fourth-order valence-electron chi connectivity index (χ4n) is 0.965. The second-order valence-corrected chi connectivity index (χ2v) is 4.48. The molecular weight excluding hydrogens is 303 g/mol. The highest BCUT2D eigenvalue weighted by Crippen LogP contribution is 2.37. The van der Waals surface area contributed by atoms with Crippen molar-refractivity contribution in [1.82, 2.24) is 0 Å². The molecule has 5 heteroatoms. The first-order valence-electron chi connectivity index (χ1n) is 4.40. The van der Waals surface area contributed by atoms with Gasteiger partial charge in [0.05, 0.1) is 14.5 Å². The normalized spacial score (nSPS) is 10.1. The smallest absolute Gasteiger partial charge is 0.311 e. The molecule has 0 aliphatic carbocycles. The summed E-state index contributed by atoms with van der Waals surface area (Å²) in [5, 5.41) is 0.794. The largest absolute Gasteiger partial charge is 0.425 e. The minimum Gasteiger partial charge on any atom is -0.425 e. The summed E-state index contributed by atoms with van der Waals surface area (Å²) in [6, 6.07) is 3.19. The Morgan fingerprint density at radius 1 is 1.47 bits per heavy atom. The molecule has 1 rings (SSSR count). The third-order valence-corrected chi connectivity index (χ3v) is 3.65. The quantitative estimate of drug-likeness (QED) is 0.468. The van der Waals surface area contributed by atoms with Crippen molar-refractivity contribution in [2.75, 3.05) is 0 Å². The van der Waals surface area contributed by atoms with Crippen LogP contribution >= 0.6 is 39.1 Å². The lowest BCUT2D eigenvalue weighted by atomic mass is 10.3. The number of carbonyl (C=O) groups is 1. The fourth-order valence-corrected chi connectivity index (χ4v) is 1.70. The molecule has 0 saturated carbocycles. The van der Waals surface area contributed by atoms with E-state index >= 15 is 0 Å². The Morgan fingerprint density at radius 2 is 2.13 bits per heavy atom. The van der Waals surface area contributed by atoms with Crippen LogP contribution in [0, 0.1) is 0 Å². The van der Waals surface area contributed by atoms with E-state index in [-0.39, 0.29) is 5.97 Å². The van der Waals surface area contributed by atoms with Gasteiger partial charge in [-0.15, -0.1) is 0 Å². The van der Waals surface area contributed by atoms with Crippen molar-refractivity contribution in [2.24, 2.45) is 0 Å². The number of carbonyl (C=O) groups excluding carboxylic acids is 1. The van der Waals surface area contributed by atoms with Crippen molar-refractivity contribution in [2.45, 2.75) is 19.8 Å². The summed E-state index contributed by atoms with van der Waals surface area (Å²) < 4.78 is 5.60. The maximum absolute atomic E-state index is 11.2. The summed E-state index contributed by atoms with van der Waals surface area (Å²) >= 11 is 14.9. The van der Waals surface area contributed by atoms with Gasteiger partial charge in [0.2, 0.25) is 0 Å². The highest BCUT2D eigenvalue weighted by atomic mass is 79.9. The number of hydrogen-bond donors (Lipinski definition) is 0. The summed E-state index contributed by atoms with van der Waals surface area (Å²) in [5.74, 6) is 0.0278. The molecule has 1 aromatic rings. The maximum Gasteiger partial charge on any atom is 0.311 e. The Labute approximate surface area is 107 Å². The molecule has 0 atom stereocenters. The summed E-state index contributed by atoms with van der Waals surface area (Å²) in [6.07, 6.45) is 1.11. The van der Waals surface area contributed by atoms with Crippen LogP contribution in [0.25, 0.3) is 0 Å². The summed E-state index contributed by atoms with van der Waals surface area (Å²) in [6.45, 7) is 1.90. The van der Waals surface area contributed by atoms with Crippen molar-refractivity contribution in [3.63, 3.8) is 0 Å². The Morgan fingerprint density at radius 3 is 2.73 bits per heavy atom. The molecule has 0 heterocycles. The molecule has 0 radical (unpaired) electrons. The number of hydrogen-bond acceptors (Lipinski definition) is 2. The number of esters is 1. The highest BCUT2D eigenvalue weighted by Gasteiger charge is 2.12. The van der Waals surface area contributed by atoms with Gasteiger partial charge >= 0.3 is 5.97 Å². The zero-order chi connectivity index (χ0) is 11.4. The van der Waals surface area contributed by atoms with Gasteiger partial charge in [-0.1, -0.05) is 30.1 Å². The van der Waals surface area contributed by atoms with Crippen LogP contribution < -0.4 is 4.74 Å². The summed E-state index contributed by atoms with van der Waals surface area (Å²) in [4.78, 5) is 11.2. The molecule has 15 heavy (non-hydrogen) atoms. The predicted molar refractivity (Wildman–Crippen MR) is 64.7 cm³/mol. The molecular formula is C10H9BrCl2O2. The number of rotatable bonds is 3. The molecule has 0 bridgehead atoms. The monoisotopic (exact) mass is 310 g/mol. The molecule has 1 aromatic carbocycles. The van der Waals surface area contributed by atoms with E-state index in [9.17, 15) is 4.79 Å². The Hall–Kier alpha value is -0.250. The van der Waals surface area contributed by atoms with E-state index in [0.717, 1.165) is 6.42 Å². The van der Waals surface area contributed by atoms with Gasteiger partial charge in [-0.05, 0) is 34.5 Å². The molecule has 0 N–H and O–H groups in total. The first-order valence-corrected chi connectivity index (χ1v) is 5.95. The molecule has 0 aliphatic heterocycles. The Balaban J connectivity index is 2.87. The van der Waals surface area contributed by atoms with Gasteiger partial charge in [0, 0.05) is 6.42 Å². The Kier molecular flexibility index (Phi) is 4.90. The van der Waals surface area contributed by atoms with Gasteiger partial charge in [-0.2, -0.15) is 0 Å². The second kappa shape index (κ2) is 5.73. The van der Waals surface area contributed by atoms with Crippen molar-refractivity contribution in [3.8, 4) is 5.75 Å². The van der Waals surface area contributed by atoms with Gasteiger partial charge in [0.1, 0.15) is 0 Å². The topological polar surface area (TPSA) is 26.3 Å². The first kappa shape index (κ1) is 12.8. The van der Waals surface area contributed by atoms with Crippen molar-refractivity contribution < 1.29 is 9.53 Å². The van der Waals surface area contributed by atoms with Crippen molar-refractivity contribution in [1.29, 1.82) is 0 Å². The van der Waals surface area contributed by atoms with Gasteiger partial charge in [-0.25, -0.2) is 0 Å². The molecule has 0 aliphatic rings. The minimum atomic E-state index is -0.298. The molecule has 0 amide bonds. The number of halogens is 3. The summed E-state index contributed by atoms with van der Waals surface area (Å²) in [7, 11) is 0. The lowest BCUT2D eigenvalue weighted by molar-refractivity contribution is -0.134. The van der Waals surface area contributed by atoms with Gasteiger partial charge < -0.3 is 4.74 Å². The minimum absolute atomic E-state index is 0.298. The zero-order valence-corrected chi connectivity index (χ0v) is 11.1. The van der Waals surface area contributed by atoms with Crippen LogP contribution in [-0.2, 0) is 4.79 Å². The third kappa shape index (κ3) is 3.37. The van der Waals surface area contributed by atoms with Crippen LogP contribution in [0.5, 0.6) is 5.75 Å². The average molecular weight is 312 g/mol. The van der Waals surface area contributed by atoms with E-state index < -0.39 is 0 Å². The average Bonchev–Trinajstić information content (AvgIpc) is 2.20. The lowest BCUT2D eigenvalue weighted by Crippen LogP contribution is -2.07. The standard InChI is InChI=1S/C10H9BrCl2O2/c1-2-3-8(14)15-7-5-4-6(12)9(11)10(7)13/h4-5H,2-3H2,1H3. The van der Waals surface area contributed by atoms with Crippen LogP contribution in [0.3, 0.4) is 0 Å². The fraction of sp³-hybridized carbons (Fsp3) is 0.300. The molecule has 2 nitrogen and oxygen atoms in total. The van der Waals surface area contributed by atoms with Crippen LogP contribution in [0.4, 0.5) is 0 Å². The van der Waals surface area contributed by atoms with Gasteiger partial charge in [-0.3, -0.25) is 4.79 Å². The van der Waals surface area contributed by atoms with Crippen LogP contribution in [0.2, 0.25) is 10.0 Å². The first-order chi connectivity index (χ1) is 7.06. The zero-order valence-electron chi connectivity index (χ0n) is 8.02. The van der Waals surface area contributed by atoms with Gasteiger partial charge in [0.15, 0.2) is 5.75 Å². The summed E-state index contributed by atoms with van der Waals surface area (Å²) in [5.41, 5.74) is 0. The SMILES string of the molecule is CCCC(=O)Oc1ccc(Cl)c(Br)c1Cl. The van der Waals surface area contributed by atoms with Crippen molar-refractivity contribution >= 4 is 45.1 Å². The highest BCUT2D eigenvalue weighted by molar-refractivity contribution is 9.10. The lowest BCUT2D eigenvalue weighted by Gasteiger charge is -2.07. The van der Waals surface area contributed by atoms with E-state index in [2.05, 4.69) is 15.9 Å². The number of ether oxygens (including phenoxy) is 1. The molecule has 0 saturated heterocycles. The molecule has 0 aromatic heterocycles. The molecule has 82 valence electrons. The van der Waals surface area contributed by atoms with Gasteiger partial charge in [0.25, 0.3) is 0 Å². The maximum atomic E-state index is 11.2. The van der Waals surface area contributed by atoms with E-state index in [4.69, 9.17) is 27.9 Å². The number of benzene rings is 1. The molecule has 0 spiro atoms. The molecule has 0 fully saturated rings. The van der Waals surface area contributed by atoms with Crippen LogP contribution in [-0.4, -0.2) is 5.97 Å². The van der Waals surface area contributed by atoms with Crippen molar-refractivity contribution in [3.05, 3.63) is 26.7 Å². The molecule has 0 unspecified atom stereocenters. The second-order valence-electron chi connectivity index (χ2n) is 2.90. The van der Waals surface area contributed by atoms with E-state index in [1.54, 1.807) is 12.1 Å². The van der Waals surface area contributed by atoms with E-state index in [1.165, 1.54) is 0 Å². The van der Waals surface area contributed by atoms with E-state index in [0.29, 0.717) is 26.7 Å². The third-order valence-electron chi connectivity index (χ3n) is 1.68. The Bertz CT molecular complexity index is 380. The predicted octanol–water partition coefficient (Wildman–Crippen LogP) is 4.46. The van der Waals surface area contributed by atoms with Crippen LogP contribution in [0.15, 0.2) is 16.6 Å².